The molecule has 40 heavy (non-hydrogen) atoms. The number of fused-ring (bicyclic) bond motifs is 1. The Morgan fingerprint density at radius 3 is 2.80 bits per heavy atom. The number of nitrogens with zero attached hydrogens (tertiary/aromatic N) is 4. The van der Waals surface area contributed by atoms with Gasteiger partial charge in [0.15, 0.2) is 0 Å². The molecule has 0 bridgehead atoms. The van der Waals surface area contributed by atoms with Crippen molar-refractivity contribution in [1.82, 2.24) is 14.6 Å². The van der Waals surface area contributed by atoms with Crippen LogP contribution < -0.4 is 5.32 Å². The number of nitro groups is 1. The minimum absolute atomic E-state index is 0.0305. The third-order valence-electron chi connectivity index (χ3n) is 7.60. The highest BCUT2D eigenvalue weighted by Gasteiger charge is 2.41. The number of non-ortho nitro benzene ring substituents is 1. The van der Waals surface area contributed by atoms with Gasteiger partial charge in [-0.2, -0.15) is 4.37 Å². The minimum atomic E-state index is -0.694. The van der Waals surface area contributed by atoms with Gasteiger partial charge in [0, 0.05) is 55.0 Å². The summed E-state index contributed by atoms with van der Waals surface area (Å²) in [6.07, 6.45) is 1.49. The molecule has 2 aliphatic rings. The van der Waals surface area contributed by atoms with Crippen molar-refractivity contribution in [3.63, 3.8) is 0 Å². The summed E-state index contributed by atoms with van der Waals surface area (Å²) in [5, 5.41) is 15.7. The molecule has 0 saturated carbocycles. The molecule has 3 aromatic rings. The molecule has 1 fully saturated rings. The number of aryl methyl sites for hydroxylation is 1. The first kappa shape index (κ1) is 28.0. The number of halogens is 1. The van der Waals surface area contributed by atoms with E-state index >= 15 is 0 Å². The van der Waals surface area contributed by atoms with Crippen molar-refractivity contribution in [3.8, 4) is 0 Å². The van der Waals surface area contributed by atoms with E-state index in [1.54, 1.807) is 19.9 Å². The number of carbonyl (C=O) groups excluding carboxylic acids is 1. The zero-order chi connectivity index (χ0) is 28.2. The topological polar surface area (TPSA) is 110 Å². The van der Waals surface area contributed by atoms with E-state index in [-0.39, 0.29) is 24.2 Å². The summed E-state index contributed by atoms with van der Waals surface area (Å²) in [6, 6.07) is 13.3. The van der Waals surface area contributed by atoms with Crippen LogP contribution in [0.25, 0.3) is 0 Å². The van der Waals surface area contributed by atoms with E-state index < -0.39 is 22.7 Å². The van der Waals surface area contributed by atoms with Gasteiger partial charge in [-0.3, -0.25) is 19.8 Å². The smallest absolute Gasteiger partial charge is 0.315 e. The first-order valence-electron chi connectivity index (χ1n) is 13.5. The van der Waals surface area contributed by atoms with Crippen molar-refractivity contribution in [1.29, 1.82) is 0 Å². The van der Waals surface area contributed by atoms with Gasteiger partial charge in [0.05, 0.1) is 17.2 Å². The third-order valence-corrected chi connectivity index (χ3v) is 8.40. The minimum Gasteiger partial charge on any atom is -0.465 e. The molecule has 2 aliphatic heterocycles. The standard InChI is InChI=1S/C29H32FN5O4S/c1-3-39-29(36)25-18(2)32-28-27(26(25)20-6-4-7-22(16-20)35(37)38)23(33-40-28)8-5-14-34-15-13-31-17-24(34)19-9-11-21(30)12-10-19/h4,6-7,9-12,16,24-26,31H,3,5,8,13-15,17H2,1-2H3. The van der Waals surface area contributed by atoms with Gasteiger partial charge < -0.3 is 10.1 Å². The van der Waals surface area contributed by atoms with Crippen LogP contribution in [0, 0.1) is 21.8 Å². The number of piperazine rings is 1. The summed E-state index contributed by atoms with van der Waals surface area (Å²) in [4.78, 5) is 31.5. The highest BCUT2D eigenvalue weighted by atomic mass is 32.1. The molecule has 2 aromatic carbocycles. The van der Waals surface area contributed by atoms with Crippen LogP contribution in [0.3, 0.4) is 0 Å². The zero-order valence-corrected chi connectivity index (χ0v) is 23.3. The van der Waals surface area contributed by atoms with Gasteiger partial charge in [0.2, 0.25) is 0 Å². The Morgan fingerprint density at radius 2 is 2.05 bits per heavy atom. The van der Waals surface area contributed by atoms with Crippen LogP contribution in [0.2, 0.25) is 0 Å². The number of nitrogens with one attached hydrogen (secondary N) is 1. The Kier molecular flexibility index (Phi) is 8.63. The lowest BCUT2D eigenvalue weighted by molar-refractivity contribution is -0.384. The fourth-order valence-electron chi connectivity index (χ4n) is 5.74. The third kappa shape index (κ3) is 5.81. The average molecular weight is 566 g/mol. The molecule has 1 N–H and O–H groups in total. The number of benzene rings is 2. The van der Waals surface area contributed by atoms with Crippen LogP contribution >= 0.6 is 11.5 Å². The van der Waals surface area contributed by atoms with Crippen LogP contribution in [0.5, 0.6) is 0 Å². The molecule has 5 rings (SSSR count). The number of aliphatic imine (C=N–C) groups is 1. The number of esters is 1. The lowest BCUT2D eigenvalue weighted by Gasteiger charge is -2.36. The summed E-state index contributed by atoms with van der Waals surface area (Å²) in [6.45, 7) is 7.16. The van der Waals surface area contributed by atoms with Crippen molar-refractivity contribution < 1.29 is 18.8 Å². The second-order valence-corrected chi connectivity index (χ2v) is 10.8. The van der Waals surface area contributed by atoms with E-state index in [4.69, 9.17) is 14.1 Å². The molecular weight excluding hydrogens is 533 g/mol. The molecule has 0 amide bonds. The molecule has 3 atom stereocenters. The summed E-state index contributed by atoms with van der Waals surface area (Å²) < 4.78 is 23.7. The summed E-state index contributed by atoms with van der Waals surface area (Å²) in [5.41, 5.74) is 4.04. The van der Waals surface area contributed by atoms with E-state index in [0.29, 0.717) is 17.7 Å². The summed E-state index contributed by atoms with van der Waals surface area (Å²) in [5.74, 6) is -1.82. The second-order valence-electron chi connectivity index (χ2n) is 10.1. The van der Waals surface area contributed by atoms with Crippen molar-refractivity contribution in [3.05, 3.63) is 86.8 Å². The van der Waals surface area contributed by atoms with E-state index in [9.17, 15) is 19.3 Å². The zero-order valence-electron chi connectivity index (χ0n) is 22.5. The number of hydrogen-bond acceptors (Lipinski definition) is 9. The van der Waals surface area contributed by atoms with Crippen LogP contribution in [0.4, 0.5) is 15.1 Å². The predicted octanol–water partition coefficient (Wildman–Crippen LogP) is 5.19. The molecular formula is C29H32FN5O4S. The van der Waals surface area contributed by atoms with Gasteiger partial charge in [-0.15, -0.1) is 0 Å². The average Bonchev–Trinajstić information content (AvgIpc) is 3.35. The van der Waals surface area contributed by atoms with E-state index in [1.165, 1.54) is 35.8 Å². The molecule has 11 heteroatoms. The number of carbonyl (C=O) groups is 1. The Labute approximate surface area is 236 Å². The van der Waals surface area contributed by atoms with Gasteiger partial charge in [-0.1, -0.05) is 24.3 Å². The predicted molar refractivity (Wildman–Crippen MR) is 152 cm³/mol. The van der Waals surface area contributed by atoms with Crippen LogP contribution in [0.1, 0.15) is 54.6 Å². The molecule has 210 valence electrons. The lowest BCUT2D eigenvalue weighted by Crippen LogP contribution is -2.46. The monoisotopic (exact) mass is 565 g/mol. The number of aromatic nitrogens is 1. The summed E-state index contributed by atoms with van der Waals surface area (Å²) >= 11 is 1.29. The highest BCUT2D eigenvalue weighted by Crippen LogP contribution is 2.47. The molecule has 3 heterocycles. The normalized spacial score (nSPS) is 21.0. The van der Waals surface area contributed by atoms with Crippen molar-refractivity contribution in [2.75, 3.05) is 32.8 Å². The Hall–Kier alpha value is -3.54. The van der Waals surface area contributed by atoms with E-state index in [0.717, 1.165) is 54.4 Å². The molecule has 9 nitrogen and oxygen atoms in total. The molecule has 3 unspecified atom stereocenters. The SMILES string of the molecule is CCOC(=O)C1C(C)=Nc2snc(CCCN3CCNCC3c3ccc(F)cc3)c2C1c1cccc([N+](=O)[O-])c1. The maximum Gasteiger partial charge on any atom is 0.315 e. The molecule has 1 saturated heterocycles. The Bertz CT molecular complexity index is 1410. The van der Waals surface area contributed by atoms with Crippen molar-refractivity contribution in [2.45, 2.75) is 38.6 Å². The van der Waals surface area contributed by atoms with Gasteiger partial charge in [0.1, 0.15) is 16.7 Å². The quantitative estimate of drug-likeness (QED) is 0.216. The van der Waals surface area contributed by atoms with Crippen LogP contribution in [0.15, 0.2) is 53.5 Å². The number of nitro benzene ring substituents is 1. The van der Waals surface area contributed by atoms with Crippen molar-refractivity contribution in [2.24, 2.45) is 10.9 Å². The largest absolute Gasteiger partial charge is 0.465 e. The Morgan fingerprint density at radius 1 is 1.25 bits per heavy atom. The van der Waals surface area contributed by atoms with E-state index in [1.807, 2.05) is 18.2 Å². The fourth-order valence-corrected chi connectivity index (χ4v) is 6.65. The number of hydrogen-bond donors (Lipinski definition) is 1. The maximum atomic E-state index is 13.5. The highest BCUT2D eigenvalue weighted by molar-refractivity contribution is 7.10. The lowest BCUT2D eigenvalue weighted by atomic mass is 9.76. The second kappa shape index (κ2) is 12.3. The molecule has 0 spiro atoms. The maximum absolute atomic E-state index is 13.5. The van der Waals surface area contributed by atoms with Gasteiger partial charge in [-0.05, 0) is 68.0 Å². The molecule has 0 radical (unpaired) electrons. The molecule has 1 aromatic heterocycles. The molecule has 0 aliphatic carbocycles. The van der Waals surface area contributed by atoms with Crippen molar-refractivity contribution >= 4 is 33.9 Å². The van der Waals surface area contributed by atoms with Gasteiger partial charge >= 0.3 is 5.97 Å². The van der Waals surface area contributed by atoms with E-state index in [2.05, 4.69) is 10.2 Å². The van der Waals surface area contributed by atoms with Gasteiger partial charge in [-0.25, -0.2) is 9.38 Å². The van der Waals surface area contributed by atoms with Gasteiger partial charge in [0.25, 0.3) is 5.69 Å². The first-order valence-corrected chi connectivity index (χ1v) is 14.3. The summed E-state index contributed by atoms with van der Waals surface area (Å²) in [7, 11) is 0. The van der Waals surface area contributed by atoms with Crippen LogP contribution in [-0.4, -0.2) is 58.7 Å². The number of rotatable bonds is 9. The Balaban J connectivity index is 1.42. The fraction of sp³-hybridized carbons (Fsp3) is 0.414. The number of ether oxygens (including phenoxy) is 1. The van der Waals surface area contributed by atoms with Crippen LogP contribution in [-0.2, 0) is 16.0 Å². The first-order chi connectivity index (χ1) is 19.4.